The van der Waals surface area contributed by atoms with Crippen LogP contribution < -0.4 is 0 Å². The lowest BCUT2D eigenvalue weighted by molar-refractivity contribution is -0.137. The summed E-state index contributed by atoms with van der Waals surface area (Å²) >= 11 is 0. The molecule has 1 aromatic heterocycles. The number of para-hydroxylation sites is 2. The molecular weight excluding hydrogens is 469 g/mol. The van der Waals surface area contributed by atoms with Gasteiger partial charge in [-0.05, 0) is 65.2 Å². The Balaban J connectivity index is 1.64. The molecule has 0 fully saturated rings. The Kier molecular flexibility index (Phi) is 5.31. The van der Waals surface area contributed by atoms with E-state index in [-0.39, 0.29) is 0 Å². The van der Waals surface area contributed by atoms with Crippen LogP contribution in [0.2, 0.25) is 0 Å². The second-order valence-corrected chi connectivity index (χ2v) is 8.88. The summed E-state index contributed by atoms with van der Waals surface area (Å²) in [5, 5.41) is 11.0. The van der Waals surface area contributed by atoms with E-state index in [0.717, 1.165) is 44.9 Å². The van der Waals surface area contributed by atoms with Gasteiger partial charge in [-0.25, -0.2) is 0 Å². The number of hydrogen-bond acceptors (Lipinski definition) is 1. The SMILES string of the molecule is N#Cc1cc(-c2ccccc2)cc(-c2ccccc2-n2c3ccccc3c3cc(C(F)(F)F)ccc32)c1. The van der Waals surface area contributed by atoms with Crippen LogP contribution in [0.1, 0.15) is 11.1 Å². The Labute approximate surface area is 211 Å². The molecule has 0 N–H and O–H groups in total. The number of hydrogen-bond donors (Lipinski definition) is 0. The monoisotopic (exact) mass is 488 g/mol. The summed E-state index contributed by atoms with van der Waals surface area (Å²) in [5.74, 6) is 0. The van der Waals surface area contributed by atoms with Crippen LogP contribution in [-0.4, -0.2) is 4.57 Å². The summed E-state index contributed by atoms with van der Waals surface area (Å²) in [7, 11) is 0. The molecule has 6 rings (SSSR count). The average Bonchev–Trinajstić information content (AvgIpc) is 3.26. The van der Waals surface area contributed by atoms with Crippen molar-refractivity contribution in [3.8, 4) is 34.0 Å². The summed E-state index contributed by atoms with van der Waals surface area (Å²) in [5.41, 5.74) is 5.81. The maximum Gasteiger partial charge on any atom is 0.416 e. The van der Waals surface area contributed by atoms with Crippen LogP contribution in [0.3, 0.4) is 0 Å². The number of fused-ring (bicyclic) bond motifs is 3. The third-order valence-corrected chi connectivity index (χ3v) is 6.63. The highest BCUT2D eigenvalue weighted by atomic mass is 19.4. The quantitative estimate of drug-likeness (QED) is 0.244. The van der Waals surface area contributed by atoms with Crippen LogP contribution in [-0.2, 0) is 6.18 Å². The van der Waals surface area contributed by atoms with E-state index in [4.69, 9.17) is 0 Å². The van der Waals surface area contributed by atoms with Gasteiger partial charge in [0.2, 0.25) is 0 Å². The lowest BCUT2D eigenvalue weighted by Gasteiger charge is -2.15. The van der Waals surface area contributed by atoms with E-state index in [1.807, 2.05) is 102 Å². The molecular formula is C32H19F3N2. The summed E-state index contributed by atoms with van der Waals surface area (Å²) in [6, 6.07) is 37.0. The molecule has 6 aromatic rings. The molecule has 0 amide bonds. The molecule has 0 saturated carbocycles. The van der Waals surface area contributed by atoms with E-state index < -0.39 is 11.7 Å². The van der Waals surface area contributed by atoms with Gasteiger partial charge in [0.25, 0.3) is 0 Å². The van der Waals surface area contributed by atoms with Crippen molar-refractivity contribution >= 4 is 21.8 Å². The highest BCUT2D eigenvalue weighted by molar-refractivity contribution is 6.10. The van der Waals surface area contributed by atoms with Crippen LogP contribution in [0.4, 0.5) is 13.2 Å². The van der Waals surface area contributed by atoms with Gasteiger partial charge < -0.3 is 4.57 Å². The van der Waals surface area contributed by atoms with Crippen LogP contribution in [0, 0.1) is 11.3 Å². The maximum absolute atomic E-state index is 13.5. The largest absolute Gasteiger partial charge is 0.416 e. The summed E-state index contributed by atoms with van der Waals surface area (Å²) in [6.07, 6.45) is -4.43. The van der Waals surface area contributed by atoms with Gasteiger partial charge in [0.15, 0.2) is 0 Å². The zero-order chi connectivity index (χ0) is 25.6. The van der Waals surface area contributed by atoms with Gasteiger partial charge in [-0.1, -0.05) is 66.7 Å². The normalized spacial score (nSPS) is 11.6. The number of alkyl halides is 3. The molecule has 2 nitrogen and oxygen atoms in total. The summed E-state index contributed by atoms with van der Waals surface area (Å²) < 4.78 is 42.6. The topological polar surface area (TPSA) is 28.7 Å². The zero-order valence-electron chi connectivity index (χ0n) is 19.5. The molecule has 5 aromatic carbocycles. The van der Waals surface area contributed by atoms with Gasteiger partial charge in [-0.2, -0.15) is 18.4 Å². The fraction of sp³-hybridized carbons (Fsp3) is 0.0312. The summed E-state index contributed by atoms with van der Waals surface area (Å²) in [4.78, 5) is 0. The molecule has 37 heavy (non-hydrogen) atoms. The number of rotatable bonds is 3. The van der Waals surface area contributed by atoms with Gasteiger partial charge in [-0.15, -0.1) is 0 Å². The number of benzene rings is 5. The minimum atomic E-state index is -4.43. The molecule has 1 heterocycles. The lowest BCUT2D eigenvalue weighted by atomic mass is 9.95. The molecule has 0 bridgehead atoms. The Morgan fingerprint density at radius 2 is 1.27 bits per heavy atom. The Hall–Kier alpha value is -4.82. The first-order chi connectivity index (χ1) is 17.9. The molecule has 0 saturated heterocycles. The maximum atomic E-state index is 13.5. The molecule has 0 unspecified atom stereocenters. The Bertz CT molecular complexity index is 1820. The molecule has 0 radical (unpaired) electrons. The zero-order valence-corrected chi connectivity index (χ0v) is 19.5. The third-order valence-electron chi connectivity index (χ3n) is 6.63. The van der Waals surface area contributed by atoms with Crippen molar-refractivity contribution in [2.45, 2.75) is 6.18 Å². The van der Waals surface area contributed by atoms with Crippen molar-refractivity contribution < 1.29 is 13.2 Å². The fourth-order valence-electron chi connectivity index (χ4n) is 4.97. The molecule has 178 valence electrons. The number of nitrogens with zero attached hydrogens (tertiary/aromatic N) is 2. The second-order valence-electron chi connectivity index (χ2n) is 8.88. The van der Waals surface area contributed by atoms with Crippen LogP contribution >= 0.6 is 0 Å². The Morgan fingerprint density at radius 1 is 0.595 bits per heavy atom. The van der Waals surface area contributed by atoms with Crippen molar-refractivity contribution in [3.05, 3.63) is 126 Å². The molecule has 0 aliphatic rings. The first-order valence-corrected chi connectivity index (χ1v) is 11.7. The van der Waals surface area contributed by atoms with Crippen LogP contribution in [0.25, 0.3) is 49.7 Å². The van der Waals surface area contributed by atoms with Crippen LogP contribution in [0.5, 0.6) is 0 Å². The van der Waals surface area contributed by atoms with Crippen molar-refractivity contribution in [2.75, 3.05) is 0 Å². The highest BCUT2D eigenvalue weighted by Crippen LogP contribution is 2.39. The smallest absolute Gasteiger partial charge is 0.309 e. The first kappa shape index (κ1) is 22.6. The second kappa shape index (κ2) is 8.69. The predicted molar refractivity (Wildman–Crippen MR) is 141 cm³/mol. The molecule has 0 atom stereocenters. The van der Waals surface area contributed by atoms with Gasteiger partial charge in [0.1, 0.15) is 0 Å². The van der Waals surface area contributed by atoms with Crippen molar-refractivity contribution in [1.29, 1.82) is 5.26 Å². The molecule has 0 aliphatic carbocycles. The lowest BCUT2D eigenvalue weighted by Crippen LogP contribution is -2.04. The highest BCUT2D eigenvalue weighted by Gasteiger charge is 2.31. The van der Waals surface area contributed by atoms with E-state index in [1.54, 1.807) is 0 Å². The van der Waals surface area contributed by atoms with Gasteiger partial charge in [-0.3, -0.25) is 0 Å². The van der Waals surface area contributed by atoms with Crippen molar-refractivity contribution in [1.82, 2.24) is 4.57 Å². The predicted octanol–water partition coefficient (Wildman–Crippen LogP) is 9.01. The number of halogens is 3. The van der Waals surface area contributed by atoms with Crippen molar-refractivity contribution in [3.63, 3.8) is 0 Å². The van der Waals surface area contributed by atoms with Crippen LogP contribution in [0.15, 0.2) is 115 Å². The Morgan fingerprint density at radius 3 is 2.05 bits per heavy atom. The minimum absolute atomic E-state index is 0.531. The summed E-state index contributed by atoms with van der Waals surface area (Å²) in [6.45, 7) is 0. The number of aromatic nitrogens is 1. The van der Waals surface area contributed by atoms with E-state index in [0.29, 0.717) is 16.5 Å². The van der Waals surface area contributed by atoms with Gasteiger partial charge >= 0.3 is 6.18 Å². The van der Waals surface area contributed by atoms with E-state index in [9.17, 15) is 18.4 Å². The standard InChI is InChI=1S/C32H19F3N2/c33-32(34,35)25-14-15-31-28(19-25)27-11-5-7-13-30(27)37(31)29-12-6-4-10-26(29)24-17-21(20-36)16-23(18-24)22-8-2-1-3-9-22/h1-19H. The van der Waals surface area contributed by atoms with Crippen molar-refractivity contribution in [2.24, 2.45) is 0 Å². The third kappa shape index (κ3) is 3.93. The average molecular weight is 489 g/mol. The minimum Gasteiger partial charge on any atom is -0.309 e. The molecule has 5 heteroatoms. The molecule has 0 aliphatic heterocycles. The molecule has 0 spiro atoms. The van der Waals surface area contributed by atoms with E-state index in [1.165, 1.54) is 12.1 Å². The van der Waals surface area contributed by atoms with Gasteiger partial charge in [0, 0.05) is 16.3 Å². The van der Waals surface area contributed by atoms with E-state index >= 15 is 0 Å². The fourth-order valence-corrected chi connectivity index (χ4v) is 4.97. The first-order valence-electron chi connectivity index (χ1n) is 11.7. The van der Waals surface area contributed by atoms with E-state index in [2.05, 4.69) is 6.07 Å². The van der Waals surface area contributed by atoms with Gasteiger partial charge in [0.05, 0.1) is 33.9 Å². The number of nitriles is 1.